The third-order valence-corrected chi connectivity index (χ3v) is 6.69. The Balaban J connectivity index is 1.67. The molecule has 3 aromatic rings. The Hall–Kier alpha value is -3.22. The number of fused-ring (bicyclic) bond motifs is 3. The lowest BCUT2D eigenvalue weighted by Crippen LogP contribution is -2.61. The highest BCUT2D eigenvalue weighted by atomic mass is 16.2. The number of rotatable bonds is 4. The molecular formula is C23H26N6O. The predicted octanol–water partition coefficient (Wildman–Crippen LogP) is 3.83. The molecule has 1 aromatic carbocycles. The summed E-state index contributed by atoms with van der Waals surface area (Å²) in [6.07, 6.45) is 9.05. The first-order chi connectivity index (χ1) is 14.6. The number of benzene rings is 1. The highest BCUT2D eigenvalue weighted by Gasteiger charge is 2.55. The Morgan fingerprint density at radius 3 is 2.70 bits per heavy atom. The van der Waals surface area contributed by atoms with Crippen LogP contribution in [0.1, 0.15) is 39.5 Å². The third kappa shape index (κ3) is 2.51. The van der Waals surface area contributed by atoms with E-state index in [9.17, 15) is 4.79 Å². The standard InChI is InChI=1S/C23H26N6O/c1-4-17-11-12-23(5-2)21(30)27(3)18-15-25-22(26-20(18)29(17)23)28-14-13-24-19(28)16-9-7-6-8-10-16/h6-10,13-15,17H,4-5,11-12H2,1-3H3/t17-,23+/m1/s1. The van der Waals surface area contributed by atoms with Gasteiger partial charge in [-0.15, -0.1) is 0 Å². The van der Waals surface area contributed by atoms with Gasteiger partial charge in [-0.2, -0.15) is 4.98 Å². The average molecular weight is 403 g/mol. The fourth-order valence-electron chi connectivity index (χ4n) is 5.05. The molecule has 0 spiro atoms. The van der Waals surface area contributed by atoms with Gasteiger partial charge in [-0.25, -0.2) is 9.97 Å². The molecule has 1 fully saturated rings. The van der Waals surface area contributed by atoms with E-state index in [4.69, 9.17) is 4.98 Å². The Morgan fingerprint density at radius 1 is 1.17 bits per heavy atom. The molecule has 1 amide bonds. The molecule has 2 atom stereocenters. The van der Waals surface area contributed by atoms with Crippen molar-refractivity contribution in [3.63, 3.8) is 0 Å². The average Bonchev–Trinajstić information content (AvgIpc) is 3.43. The van der Waals surface area contributed by atoms with E-state index in [-0.39, 0.29) is 5.91 Å². The van der Waals surface area contributed by atoms with Crippen molar-refractivity contribution in [1.29, 1.82) is 0 Å². The second kappa shape index (κ2) is 6.93. The van der Waals surface area contributed by atoms with Gasteiger partial charge in [0.1, 0.15) is 17.1 Å². The van der Waals surface area contributed by atoms with Crippen LogP contribution in [0.25, 0.3) is 17.3 Å². The van der Waals surface area contributed by atoms with E-state index < -0.39 is 5.54 Å². The lowest BCUT2D eigenvalue weighted by molar-refractivity contribution is -0.123. The maximum Gasteiger partial charge on any atom is 0.252 e. The lowest BCUT2D eigenvalue weighted by Gasteiger charge is -2.47. The van der Waals surface area contributed by atoms with Gasteiger partial charge in [0.2, 0.25) is 5.95 Å². The first-order valence-corrected chi connectivity index (χ1v) is 10.6. The number of imidazole rings is 1. The van der Waals surface area contributed by atoms with Crippen LogP contribution in [0, 0.1) is 0 Å². The summed E-state index contributed by atoms with van der Waals surface area (Å²) in [7, 11) is 1.84. The molecule has 30 heavy (non-hydrogen) atoms. The van der Waals surface area contributed by atoms with E-state index in [2.05, 4.69) is 28.7 Å². The fourth-order valence-corrected chi connectivity index (χ4v) is 5.05. The molecule has 0 radical (unpaired) electrons. The number of carbonyl (C=O) groups excluding carboxylic acids is 1. The second-order valence-corrected chi connectivity index (χ2v) is 8.09. The molecule has 2 aliphatic rings. The van der Waals surface area contributed by atoms with Crippen molar-refractivity contribution in [2.24, 2.45) is 0 Å². The fraction of sp³-hybridized carbons (Fsp3) is 0.391. The molecule has 2 aromatic heterocycles. The zero-order valence-corrected chi connectivity index (χ0v) is 17.6. The Labute approximate surface area is 176 Å². The Morgan fingerprint density at radius 2 is 1.97 bits per heavy atom. The van der Waals surface area contributed by atoms with Crippen molar-refractivity contribution in [3.05, 3.63) is 48.9 Å². The Bertz CT molecular complexity index is 1090. The first-order valence-electron chi connectivity index (χ1n) is 10.6. The molecule has 0 aliphatic carbocycles. The second-order valence-electron chi connectivity index (χ2n) is 8.09. The minimum atomic E-state index is -0.509. The summed E-state index contributed by atoms with van der Waals surface area (Å²) in [5.41, 5.74) is 1.27. The van der Waals surface area contributed by atoms with E-state index in [0.717, 1.165) is 48.6 Å². The minimum absolute atomic E-state index is 0.150. The van der Waals surface area contributed by atoms with Crippen LogP contribution in [0.15, 0.2) is 48.9 Å². The maximum atomic E-state index is 13.4. The molecule has 5 rings (SSSR count). The molecule has 0 saturated carbocycles. The van der Waals surface area contributed by atoms with Crippen LogP contribution in [0.3, 0.4) is 0 Å². The maximum absolute atomic E-state index is 13.4. The van der Waals surface area contributed by atoms with Crippen LogP contribution >= 0.6 is 0 Å². The molecule has 0 unspecified atom stereocenters. The van der Waals surface area contributed by atoms with Crippen LogP contribution in [-0.2, 0) is 4.79 Å². The van der Waals surface area contributed by atoms with Crippen molar-refractivity contribution in [2.75, 3.05) is 16.8 Å². The van der Waals surface area contributed by atoms with Gasteiger partial charge in [-0.05, 0) is 25.7 Å². The third-order valence-electron chi connectivity index (χ3n) is 6.69. The van der Waals surface area contributed by atoms with Crippen LogP contribution in [0.5, 0.6) is 0 Å². The van der Waals surface area contributed by atoms with Crippen molar-refractivity contribution < 1.29 is 4.79 Å². The number of nitrogens with zero attached hydrogens (tertiary/aromatic N) is 6. The largest absolute Gasteiger partial charge is 0.337 e. The molecule has 0 N–H and O–H groups in total. The monoisotopic (exact) mass is 402 g/mol. The van der Waals surface area contributed by atoms with Crippen LogP contribution in [0.4, 0.5) is 11.5 Å². The molecule has 2 aliphatic heterocycles. The van der Waals surface area contributed by atoms with E-state index >= 15 is 0 Å². The number of anilines is 2. The van der Waals surface area contributed by atoms with E-state index in [1.165, 1.54) is 0 Å². The van der Waals surface area contributed by atoms with Gasteiger partial charge < -0.3 is 9.80 Å². The number of hydrogen-bond acceptors (Lipinski definition) is 5. The SMILES string of the molecule is CC[C@@H]1CC[C@@]2(CC)C(=O)N(C)c3cnc(-n4ccnc4-c4ccccc4)nc3N12. The number of carbonyl (C=O) groups is 1. The molecule has 4 heterocycles. The summed E-state index contributed by atoms with van der Waals surface area (Å²) in [6.45, 7) is 4.29. The van der Waals surface area contributed by atoms with Gasteiger partial charge in [0, 0.05) is 31.0 Å². The van der Waals surface area contributed by atoms with Gasteiger partial charge in [-0.1, -0.05) is 44.2 Å². The smallest absolute Gasteiger partial charge is 0.252 e. The minimum Gasteiger partial charge on any atom is -0.337 e. The van der Waals surface area contributed by atoms with Crippen LogP contribution in [0.2, 0.25) is 0 Å². The van der Waals surface area contributed by atoms with Crippen molar-refractivity contribution in [3.8, 4) is 17.3 Å². The summed E-state index contributed by atoms with van der Waals surface area (Å²) in [6, 6.07) is 10.3. The highest BCUT2D eigenvalue weighted by Crippen LogP contribution is 2.48. The lowest BCUT2D eigenvalue weighted by atomic mass is 9.89. The quantitative estimate of drug-likeness (QED) is 0.663. The van der Waals surface area contributed by atoms with Gasteiger partial charge in [0.15, 0.2) is 5.82 Å². The van der Waals surface area contributed by atoms with Crippen molar-refractivity contribution in [1.82, 2.24) is 19.5 Å². The summed E-state index contributed by atoms with van der Waals surface area (Å²) in [4.78, 5) is 31.5. The number of amides is 1. The van der Waals surface area contributed by atoms with Crippen molar-refractivity contribution in [2.45, 2.75) is 51.1 Å². The van der Waals surface area contributed by atoms with Crippen molar-refractivity contribution >= 4 is 17.4 Å². The number of likely N-dealkylation sites (N-methyl/N-ethyl adjacent to an activating group) is 1. The first kappa shape index (κ1) is 18.8. The normalized spacial score (nSPS) is 22.9. The molecule has 0 bridgehead atoms. The zero-order valence-electron chi connectivity index (χ0n) is 17.6. The van der Waals surface area contributed by atoms with E-state index in [0.29, 0.717) is 12.0 Å². The molecule has 1 saturated heterocycles. The molecule has 7 nitrogen and oxygen atoms in total. The van der Waals surface area contributed by atoms with Gasteiger partial charge in [0.05, 0.1) is 6.20 Å². The summed E-state index contributed by atoms with van der Waals surface area (Å²) in [5.74, 6) is 2.36. The molecule has 7 heteroatoms. The van der Waals surface area contributed by atoms with E-state index in [1.807, 2.05) is 48.1 Å². The molecular weight excluding hydrogens is 376 g/mol. The van der Waals surface area contributed by atoms with Gasteiger partial charge >= 0.3 is 0 Å². The Kier molecular flexibility index (Phi) is 4.34. The summed E-state index contributed by atoms with van der Waals surface area (Å²) in [5, 5.41) is 0. The summed E-state index contributed by atoms with van der Waals surface area (Å²) >= 11 is 0. The van der Waals surface area contributed by atoms with Crippen LogP contribution in [-0.4, -0.2) is 44.1 Å². The molecule has 154 valence electrons. The predicted molar refractivity (Wildman–Crippen MR) is 117 cm³/mol. The topological polar surface area (TPSA) is 67.2 Å². The van der Waals surface area contributed by atoms with E-state index in [1.54, 1.807) is 17.3 Å². The highest BCUT2D eigenvalue weighted by molar-refractivity contribution is 6.08. The number of hydrogen-bond donors (Lipinski definition) is 0. The van der Waals surface area contributed by atoms with Gasteiger partial charge in [0.25, 0.3) is 5.91 Å². The van der Waals surface area contributed by atoms with Gasteiger partial charge in [-0.3, -0.25) is 9.36 Å². The van der Waals surface area contributed by atoms with Crippen LogP contribution < -0.4 is 9.80 Å². The number of aromatic nitrogens is 4. The zero-order chi connectivity index (χ0) is 20.9. The summed E-state index contributed by atoms with van der Waals surface area (Å²) < 4.78 is 1.91.